The highest BCUT2D eigenvalue weighted by Crippen LogP contribution is 2.02. The Balaban J connectivity index is 4.09. The predicted molar refractivity (Wildman–Crippen MR) is 38.0 cm³/mol. The summed E-state index contributed by atoms with van der Waals surface area (Å²) in [5.74, 6) is 0. The molecule has 56 valence electrons. The fraction of sp³-hybridized carbons (Fsp3) is 1.00. The third-order valence-corrected chi connectivity index (χ3v) is 2.99. The maximum absolute atomic E-state index is 10.6. The zero-order valence-corrected chi connectivity index (χ0v) is 6.94. The van der Waals surface area contributed by atoms with Crippen molar-refractivity contribution in [2.45, 2.75) is 13.8 Å². The summed E-state index contributed by atoms with van der Waals surface area (Å²) in [6.45, 7) is 5.19. The minimum atomic E-state index is -1.73. The second-order valence-corrected chi connectivity index (χ2v) is 3.50. The Hall–Kier alpha value is 0.0700. The summed E-state index contributed by atoms with van der Waals surface area (Å²) < 4.78 is 19.5. The highest BCUT2D eigenvalue weighted by molar-refractivity contribution is 7.73. The van der Waals surface area contributed by atoms with E-state index in [1.807, 2.05) is 13.8 Å². The van der Waals surface area contributed by atoms with Crippen LogP contribution in [0.25, 0.3) is 0 Å². The number of quaternary nitrogens is 1. The highest BCUT2D eigenvalue weighted by Gasteiger charge is 2.23. The van der Waals surface area contributed by atoms with Crippen LogP contribution in [0.1, 0.15) is 13.8 Å². The van der Waals surface area contributed by atoms with Crippen molar-refractivity contribution in [2.24, 2.45) is 0 Å². The van der Waals surface area contributed by atoms with Gasteiger partial charge in [-0.2, -0.15) is 4.21 Å². The molecule has 0 aromatic carbocycles. The van der Waals surface area contributed by atoms with E-state index >= 15 is 0 Å². The molecular formula is C5H14NO2S+. The van der Waals surface area contributed by atoms with Gasteiger partial charge >= 0.3 is 11.3 Å². The van der Waals surface area contributed by atoms with Crippen LogP contribution in [-0.4, -0.2) is 32.8 Å². The third-order valence-electron chi connectivity index (χ3n) is 1.71. The molecule has 0 saturated heterocycles. The summed E-state index contributed by atoms with van der Waals surface area (Å²) in [5.41, 5.74) is 0. The lowest BCUT2D eigenvalue weighted by Gasteiger charge is -2.24. The van der Waals surface area contributed by atoms with E-state index in [0.29, 0.717) is 13.1 Å². The predicted octanol–water partition coefficient (Wildman–Crippen LogP) is 0.609. The van der Waals surface area contributed by atoms with Gasteiger partial charge in [-0.15, -0.1) is 0 Å². The van der Waals surface area contributed by atoms with Crippen LogP contribution in [0.4, 0.5) is 0 Å². The van der Waals surface area contributed by atoms with Gasteiger partial charge in [-0.05, 0) is 13.8 Å². The Labute approximate surface area is 58.7 Å². The van der Waals surface area contributed by atoms with Gasteiger partial charge in [-0.3, -0.25) is 4.55 Å². The number of rotatable bonds is 3. The Morgan fingerprint density at radius 3 is 1.78 bits per heavy atom. The minimum Gasteiger partial charge on any atom is -0.261 e. The molecule has 4 heteroatoms. The standard InChI is InChI=1S/C5H13NO2S/c1-4-6(3,5-2)9(7)8/h4-5H2,1-3H3/p+1. The van der Waals surface area contributed by atoms with Gasteiger partial charge in [-0.1, -0.05) is 0 Å². The van der Waals surface area contributed by atoms with Crippen LogP contribution in [0.5, 0.6) is 0 Å². The van der Waals surface area contributed by atoms with Crippen molar-refractivity contribution in [1.29, 1.82) is 0 Å². The summed E-state index contributed by atoms with van der Waals surface area (Å²) in [5, 5.41) is 0. The van der Waals surface area contributed by atoms with Gasteiger partial charge in [0.2, 0.25) is 0 Å². The van der Waals surface area contributed by atoms with Crippen LogP contribution in [0.15, 0.2) is 0 Å². The first-order chi connectivity index (χ1) is 4.06. The van der Waals surface area contributed by atoms with Crippen LogP contribution < -0.4 is 0 Å². The van der Waals surface area contributed by atoms with Gasteiger partial charge in [0.1, 0.15) is 0 Å². The molecule has 0 aromatic rings. The van der Waals surface area contributed by atoms with Gasteiger partial charge in [0.15, 0.2) is 0 Å². The molecule has 1 atom stereocenters. The number of hydrogen-bond acceptors (Lipinski definition) is 1. The number of hydrogen-bond donors (Lipinski definition) is 1. The molecule has 0 saturated carbocycles. The van der Waals surface area contributed by atoms with E-state index in [0.717, 1.165) is 0 Å². The molecule has 0 aliphatic heterocycles. The minimum absolute atomic E-state index is 0.222. The molecule has 1 unspecified atom stereocenters. The fourth-order valence-corrected chi connectivity index (χ4v) is 0.886. The Bertz CT molecular complexity index is 112. The zero-order valence-electron chi connectivity index (χ0n) is 6.13. The second-order valence-electron chi connectivity index (χ2n) is 2.16. The molecule has 0 aliphatic carbocycles. The molecule has 0 radical (unpaired) electrons. The molecule has 0 fully saturated rings. The second kappa shape index (κ2) is 3.29. The molecule has 0 bridgehead atoms. The maximum atomic E-state index is 10.6. The summed E-state index contributed by atoms with van der Waals surface area (Å²) in [6, 6.07) is 0. The van der Waals surface area contributed by atoms with Crippen molar-refractivity contribution < 1.29 is 12.6 Å². The molecule has 0 aromatic heterocycles. The first-order valence-electron chi connectivity index (χ1n) is 3.03. The van der Waals surface area contributed by atoms with Crippen molar-refractivity contribution >= 4 is 11.3 Å². The SMILES string of the molecule is CC[N+](C)(CC)S(=O)O. The van der Waals surface area contributed by atoms with Gasteiger partial charge in [0.25, 0.3) is 0 Å². The van der Waals surface area contributed by atoms with E-state index in [-0.39, 0.29) is 3.89 Å². The van der Waals surface area contributed by atoms with Crippen LogP contribution >= 0.6 is 0 Å². The van der Waals surface area contributed by atoms with Crippen molar-refractivity contribution in [3.8, 4) is 0 Å². The lowest BCUT2D eigenvalue weighted by molar-refractivity contribution is -0.780. The Morgan fingerprint density at radius 2 is 1.78 bits per heavy atom. The molecule has 0 rings (SSSR count). The van der Waals surface area contributed by atoms with Crippen molar-refractivity contribution in [3.05, 3.63) is 0 Å². The van der Waals surface area contributed by atoms with E-state index < -0.39 is 11.3 Å². The summed E-state index contributed by atoms with van der Waals surface area (Å²) in [4.78, 5) is 0. The first kappa shape index (κ1) is 9.07. The Morgan fingerprint density at radius 1 is 1.44 bits per heavy atom. The van der Waals surface area contributed by atoms with Crippen LogP contribution in [-0.2, 0) is 11.3 Å². The topological polar surface area (TPSA) is 37.3 Å². The van der Waals surface area contributed by atoms with E-state index in [9.17, 15) is 4.21 Å². The lowest BCUT2D eigenvalue weighted by Crippen LogP contribution is -2.44. The largest absolute Gasteiger partial charge is 0.358 e. The molecule has 0 spiro atoms. The summed E-state index contributed by atoms with van der Waals surface area (Å²) >= 11 is -1.73. The summed E-state index contributed by atoms with van der Waals surface area (Å²) in [6.07, 6.45) is 0. The van der Waals surface area contributed by atoms with Gasteiger partial charge in [0.05, 0.1) is 20.1 Å². The maximum Gasteiger partial charge on any atom is 0.358 e. The molecule has 9 heavy (non-hydrogen) atoms. The molecule has 0 heterocycles. The Kier molecular flexibility index (Phi) is 3.32. The van der Waals surface area contributed by atoms with Crippen LogP contribution in [0.2, 0.25) is 0 Å². The molecule has 3 nitrogen and oxygen atoms in total. The van der Waals surface area contributed by atoms with Gasteiger partial charge < -0.3 is 0 Å². The summed E-state index contributed by atoms with van der Waals surface area (Å²) in [7, 11) is 1.76. The quantitative estimate of drug-likeness (QED) is 0.475. The lowest BCUT2D eigenvalue weighted by atomic mass is 10.6. The van der Waals surface area contributed by atoms with E-state index in [2.05, 4.69) is 0 Å². The van der Waals surface area contributed by atoms with Crippen molar-refractivity contribution in [1.82, 2.24) is 0 Å². The third kappa shape index (κ3) is 2.04. The molecule has 0 aliphatic rings. The smallest absolute Gasteiger partial charge is 0.261 e. The van der Waals surface area contributed by atoms with E-state index in [1.165, 1.54) is 0 Å². The van der Waals surface area contributed by atoms with E-state index in [1.54, 1.807) is 7.05 Å². The van der Waals surface area contributed by atoms with Crippen molar-refractivity contribution in [3.63, 3.8) is 0 Å². The van der Waals surface area contributed by atoms with E-state index in [4.69, 9.17) is 4.55 Å². The fourth-order valence-electron chi connectivity index (χ4n) is 0.444. The molecule has 0 amide bonds. The number of nitrogens with zero attached hydrogens (tertiary/aromatic N) is 1. The van der Waals surface area contributed by atoms with Crippen molar-refractivity contribution in [2.75, 3.05) is 20.1 Å². The first-order valence-corrected chi connectivity index (χ1v) is 4.09. The molecular weight excluding hydrogens is 138 g/mol. The normalized spacial score (nSPS) is 15.6. The zero-order chi connectivity index (χ0) is 7.49. The van der Waals surface area contributed by atoms with Crippen LogP contribution in [0, 0.1) is 0 Å². The monoisotopic (exact) mass is 152 g/mol. The van der Waals surface area contributed by atoms with Crippen LogP contribution in [0.3, 0.4) is 0 Å². The highest BCUT2D eigenvalue weighted by atomic mass is 32.2. The average molecular weight is 152 g/mol. The van der Waals surface area contributed by atoms with Gasteiger partial charge in [-0.25, -0.2) is 3.89 Å². The average Bonchev–Trinajstić information content (AvgIpc) is 1.86. The molecule has 1 N–H and O–H groups in total. The van der Waals surface area contributed by atoms with Gasteiger partial charge in [0, 0.05) is 0 Å².